The van der Waals surface area contributed by atoms with Gasteiger partial charge in [0.1, 0.15) is 23.2 Å². The summed E-state index contributed by atoms with van der Waals surface area (Å²) in [5, 5.41) is 6.29. The van der Waals surface area contributed by atoms with E-state index in [9.17, 15) is 9.18 Å². The smallest absolute Gasteiger partial charge is 0.319 e. The molecule has 0 bridgehead atoms. The number of hydrogen-bond donors (Lipinski definition) is 2. The number of nitrogens with one attached hydrogen (secondary N) is 2. The molecule has 0 saturated carbocycles. The van der Waals surface area contributed by atoms with E-state index in [0.717, 1.165) is 32.5 Å². The van der Waals surface area contributed by atoms with Crippen LogP contribution < -0.4 is 15.5 Å². The minimum atomic E-state index is -0.488. The quantitative estimate of drug-likeness (QED) is 0.516. The zero-order chi connectivity index (χ0) is 22.5. The second-order valence-corrected chi connectivity index (χ2v) is 7.92. The zero-order valence-corrected chi connectivity index (χ0v) is 18.3. The van der Waals surface area contributed by atoms with Gasteiger partial charge >= 0.3 is 5.97 Å². The molecule has 32 heavy (non-hydrogen) atoms. The van der Waals surface area contributed by atoms with Gasteiger partial charge in [0.05, 0.1) is 24.9 Å². The van der Waals surface area contributed by atoms with Gasteiger partial charge in [-0.15, -0.1) is 0 Å². The number of aromatic nitrogens is 4. The van der Waals surface area contributed by atoms with Crippen LogP contribution in [0.15, 0.2) is 30.7 Å². The van der Waals surface area contributed by atoms with Crippen molar-refractivity contribution in [1.82, 2.24) is 25.3 Å². The van der Waals surface area contributed by atoms with Gasteiger partial charge in [-0.05, 0) is 43.5 Å². The first-order valence-electron chi connectivity index (χ1n) is 10.3. The number of carbonyl (C=O) groups excluding carboxylic acids is 1. The summed E-state index contributed by atoms with van der Waals surface area (Å²) in [5.74, 6) is 0.816. The molecule has 4 rings (SSSR count). The number of nitrogens with zero attached hydrogens (tertiary/aromatic N) is 5. The maximum Gasteiger partial charge on any atom is 0.319 e. The Hall–Kier alpha value is -3.11. The molecule has 3 aromatic rings. The lowest BCUT2D eigenvalue weighted by Gasteiger charge is -2.32. The average Bonchev–Trinajstić information content (AvgIpc) is 2.82. The van der Waals surface area contributed by atoms with E-state index in [4.69, 9.17) is 16.6 Å². The first-order chi connectivity index (χ1) is 15.5. The van der Waals surface area contributed by atoms with Gasteiger partial charge in [-0.25, -0.2) is 24.3 Å². The number of carbonyl (C=O) groups is 1. The Labute approximate surface area is 189 Å². The van der Waals surface area contributed by atoms with E-state index in [1.807, 2.05) is 0 Å². The summed E-state index contributed by atoms with van der Waals surface area (Å²) in [7, 11) is 1.38. The van der Waals surface area contributed by atoms with Crippen molar-refractivity contribution in [1.29, 1.82) is 0 Å². The highest BCUT2D eigenvalue weighted by molar-refractivity contribution is 6.31. The van der Waals surface area contributed by atoms with E-state index in [1.165, 1.54) is 25.6 Å². The van der Waals surface area contributed by atoms with Crippen LogP contribution in [0.4, 0.5) is 21.8 Å². The van der Waals surface area contributed by atoms with Gasteiger partial charge in [-0.3, -0.25) is 4.79 Å². The van der Waals surface area contributed by atoms with Gasteiger partial charge in [0.25, 0.3) is 0 Å². The zero-order valence-electron chi connectivity index (χ0n) is 17.5. The fraction of sp³-hybridized carbons (Fsp3) is 0.381. The number of fused-ring (bicyclic) bond motifs is 1. The van der Waals surface area contributed by atoms with Crippen LogP contribution in [0.3, 0.4) is 0 Å². The largest absolute Gasteiger partial charge is 0.468 e. The molecule has 9 nitrogen and oxygen atoms in total. The summed E-state index contributed by atoms with van der Waals surface area (Å²) in [6, 6.07) is 4.36. The Balaban J connectivity index is 1.45. The Kier molecular flexibility index (Phi) is 6.91. The van der Waals surface area contributed by atoms with Gasteiger partial charge in [-0.2, -0.15) is 0 Å². The lowest BCUT2D eigenvalue weighted by atomic mass is 9.97. The second-order valence-electron chi connectivity index (χ2n) is 7.52. The molecular weight excluding hydrogens is 437 g/mol. The highest BCUT2D eigenvalue weighted by Gasteiger charge is 2.22. The third-order valence-corrected chi connectivity index (χ3v) is 5.66. The van der Waals surface area contributed by atoms with Gasteiger partial charge in [-0.1, -0.05) is 11.6 Å². The maximum absolute atomic E-state index is 13.5. The van der Waals surface area contributed by atoms with Crippen LogP contribution in [0.1, 0.15) is 12.8 Å². The van der Waals surface area contributed by atoms with Gasteiger partial charge in [0.15, 0.2) is 5.82 Å². The van der Waals surface area contributed by atoms with E-state index in [2.05, 4.69) is 35.2 Å². The Morgan fingerprint density at radius 1 is 1.28 bits per heavy atom. The van der Waals surface area contributed by atoms with Crippen molar-refractivity contribution in [2.75, 3.05) is 43.5 Å². The van der Waals surface area contributed by atoms with Gasteiger partial charge in [0.2, 0.25) is 5.95 Å². The number of piperidine rings is 1. The van der Waals surface area contributed by atoms with Crippen molar-refractivity contribution in [3.05, 3.63) is 41.6 Å². The number of ether oxygens (including phenoxy) is 1. The van der Waals surface area contributed by atoms with Crippen LogP contribution in [-0.2, 0) is 9.53 Å². The Morgan fingerprint density at radius 3 is 2.84 bits per heavy atom. The van der Waals surface area contributed by atoms with Crippen LogP contribution in [0, 0.1) is 11.7 Å². The third kappa shape index (κ3) is 5.20. The van der Waals surface area contributed by atoms with Crippen molar-refractivity contribution in [3.8, 4) is 0 Å². The van der Waals surface area contributed by atoms with Crippen molar-refractivity contribution in [2.45, 2.75) is 12.8 Å². The first-order valence-corrected chi connectivity index (χ1v) is 10.6. The number of anilines is 3. The molecule has 2 aromatic heterocycles. The predicted octanol–water partition coefficient (Wildman–Crippen LogP) is 2.93. The van der Waals surface area contributed by atoms with Crippen LogP contribution in [-0.4, -0.2) is 59.2 Å². The number of rotatable bonds is 7. The molecule has 168 valence electrons. The molecule has 1 aliphatic rings. The number of benzene rings is 1. The topological polar surface area (TPSA) is 105 Å². The van der Waals surface area contributed by atoms with Gasteiger partial charge in [0, 0.05) is 18.8 Å². The molecule has 0 amide bonds. The summed E-state index contributed by atoms with van der Waals surface area (Å²) in [6.07, 6.45) is 5.01. The van der Waals surface area contributed by atoms with Crippen LogP contribution in [0.2, 0.25) is 5.02 Å². The summed E-state index contributed by atoms with van der Waals surface area (Å²) in [5.41, 5.74) is 1.76. The normalized spacial score (nSPS) is 14.5. The molecule has 0 aliphatic carbocycles. The van der Waals surface area contributed by atoms with Gasteiger partial charge < -0.3 is 20.3 Å². The fourth-order valence-electron chi connectivity index (χ4n) is 3.59. The Morgan fingerprint density at radius 2 is 2.09 bits per heavy atom. The summed E-state index contributed by atoms with van der Waals surface area (Å²) in [4.78, 5) is 31.1. The molecule has 0 radical (unpaired) electrons. The lowest BCUT2D eigenvalue weighted by molar-refractivity contribution is -0.139. The molecule has 11 heteroatoms. The van der Waals surface area contributed by atoms with E-state index in [1.54, 1.807) is 12.3 Å². The van der Waals surface area contributed by atoms with Crippen molar-refractivity contribution < 1.29 is 13.9 Å². The second kappa shape index (κ2) is 10.0. The van der Waals surface area contributed by atoms with E-state index in [-0.39, 0.29) is 17.5 Å². The highest BCUT2D eigenvalue weighted by atomic mass is 35.5. The third-order valence-electron chi connectivity index (χ3n) is 5.37. The van der Waals surface area contributed by atoms with Crippen molar-refractivity contribution in [2.24, 2.45) is 5.92 Å². The number of esters is 1. The summed E-state index contributed by atoms with van der Waals surface area (Å²) < 4.78 is 18.1. The molecule has 0 unspecified atom stereocenters. The minimum absolute atomic E-state index is 0.0209. The summed E-state index contributed by atoms with van der Waals surface area (Å²) in [6.45, 7) is 2.60. The van der Waals surface area contributed by atoms with E-state index in [0.29, 0.717) is 34.4 Å². The number of methoxy groups -OCH3 is 1. The van der Waals surface area contributed by atoms with E-state index >= 15 is 0 Å². The molecule has 1 saturated heterocycles. The number of halogens is 2. The number of hydrogen-bond acceptors (Lipinski definition) is 9. The molecule has 0 spiro atoms. The standard InChI is InChI=1S/C21H23ClFN7O2/c1-32-18(31)11-24-9-13-4-6-30(7-5-13)21-25-10-17-19(29-21)20(27-12-26-17)28-14-2-3-16(23)15(22)8-14/h2-3,8,10,12-13,24H,4-7,9,11H2,1H3,(H,26,27,28). The summed E-state index contributed by atoms with van der Waals surface area (Å²) >= 11 is 5.88. The monoisotopic (exact) mass is 459 g/mol. The molecule has 0 atom stereocenters. The molecule has 3 heterocycles. The average molecular weight is 460 g/mol. The fourth-order valence-corrected chi connectivity index (χ4v) is 3.77. The maximum atomic E-state index is 13.5. The molecule has 1 fully saturated rings. The molecule has 1 aliphatic heterocycles. The van der Waals surface area contributed by atoms with Crippen molar-refractivity contribution >= 4 is 46.1 Å². The van der Waals surface area contributed by atoms with Crippen LogP contribution in [0.5, 0.6) is 0 Å². The highest BCUT2D eigenvalue weighted by Crippen LogP contribution is 2.27. The lowest BCUT2D eigenvalue weighted by Crippen LogP contribution is -2.39. The molecular formula is C21H23ClFN7O2. The minimum Gasteiger partial charge on any atom is -0.468 e. The molecule has 1 aromatic carbocycles. The van der Waals surface area contributed by atoms with Crippen LogP contribution >= 0.6 is 11.6 Å². The van der Waals surface area contributed by atoms with Crippen molar-refractivity contribution in [3.63, 3.8) is 0 Å². The SMILES string of the molecule is COC(=O)CNCC1CCN(c2ncc3ncnc(Nc4ccc(F)c(Cl)c4)c3n2)CC1. The van der Waals surface area contributed by atoms with Crippen LogP contribution in [0.25, 0.3) is 11.0 Å². The first kappa shape index (κ1) is 22.1. The van der Waals surface area contributed by atoms with E-state index < -0.39 is 5.82 Å². The Bertz CT molecular complexity index is 1110. The molecule has 2 N–H and O–H groups in total. The predicted molar refractivity (Wildman–Crippen MR) is 120 cm³/mol.